The first kappa shape index (κ1) is 11.4. The standard InChI is InChI=1S/C7H16N2O3/c1-8(6-7(10)11)4-5-9(2)12-3/h4-6H2,1-3H3,(H,10,11). The van der Waals surface area contributed by atoms with Gasteiger partial charge in [-0.15, -0.1) is 0 Å². The third kappa shape index (κ3) is 6.09. The number of carboxylic acids is 1. The van der Waals surface area contributed by atoms with Gasteiger partial charge in [0.2, 0.25) is 0 Å². The minimum absolute atomic E-state index is 0.0670. The van der Waals surface area contributed by atoms with Gasteiger partial charge < -0.3 is 9.94 Å². The highest BCUT2D eigenvalue weighted by Gasteiger charge is 2.04. The third-order valence-corrected chi connectivity index (χ3v) is 1.51. The van der Waals surface area contributed by atoms with Gasteiger partial charge in [0.1, 0.15) is 0 Å². The number of nitrogens with zero attached hydrogens (tertiary/aromatic N) is 2. The fourth-order valence-corrected chi connectivity index (χ4v) is 0.713. The summed E-state index contributed by atoms with van der Waals surface area (Å²) in [6, 6.07) is 0. The van der Waals surface area contributed by atoms with Crippen LogP contribution in [0.25, 0.3) is 0 Å². The Labute approximate surface area is 72.5 Å². The monoisotopic (exact) mass is 176 g/mol. The van der Waals surface area contributed by atoms with E-state index in [2.05, 4.69) is 0 Å². The molecule has 0 aliphatic carbocycles. The summed E-state index contributed by atoms with van der Waals surface area (Å²) in [5, 5.41) is 10.1. The van der Waals surface area contributed by atoms with E-state index in [0.717, 1.165) is 0 Å². The van der Waals surface area contributed by atoms with E-state index in [1.54, 1.807) is 31.2 Å². The Morgan fingerprint density at radius 3 is 2.42 bits per heavy atom. The minimum atomic E-state index is -0.808. The summed E-state index contributed by atoms with van der Waals surface area (Å²) in [5.74, 6) is -0.808. The van der Waals surface area contributed by atoms with E-state index in [1.807, 2.05) is 0 Å². The van der Waals surface area contributed by atoms with Crippen molar-refractivity contribution in [3.8, 4) is 0 Å². The summed E-state index contributed by atoms with van der Waals surface area (Å²) in [6.45, 7) is 1.44. The normalized spacial score (nSPS) is 11.1. The highest BCUT2D eigenvalue weighted by molar-refractivity contribution is 5.68. The number of hydrogen-bond donors (Lipinski definition) is 1. The molecule has 5 nitrogen and oxygen atoms in total. The van der Waals surface area contributed by atoms with Crippen LogP contribution < -0.4 is 0 Å². The Morgan fingerprint density at radius 2 is 2.00 bits per heavy atom. The Bertz CT molecular complexity index is 141. The summed E-state index contributed by atoms with van der Waals surface area (Å²) >= 11 is 0. The van der Waals surface area contributed by atoms with E-state index in [4.69, 9.17) is 9.94 Å². The van der Waals surface area contributed by atoms with Crippen LogP contribution in [0.2, 0.25) is 0 Å². The molecule has 0 rings (SSSR count). The molecule has 5 heteroatoms. The molecule has 0 aliphatic rings. The lowest BCUT2D eigenvalue weighted by atomic mass is 10.5. The number of aliphatic carboxylic acids is 1. The average molecular weight is 176 g/mol. The van der Waals surface area contributed by atoms with Gasteiger partial charge >= 0.3 is 5.97 Å². The fourth-order valence-electron chi connectivity index (χ4n) is 0.713. The first-order valence-electron chi connectivity index (χ1n) is 3.72. The number of hydroxylamine groups is 2. The fraction of sp³-hybridized carbons (Fsp3) is 0.857. The maximum atomic E-state index is 10.2. The lowest BCUT2D eigenvalue weighted by Gasteiger charge is -2.18. The molecule has 0 fully saturated rings. The van der Waals surface area contributed by atoms with Crippen LogP contribution in [0.1, 0.15) is 0 Å². The quantitative estimate of drug-likeness (QED) is 0.553. The van der Waals surface area contributed by atoms with Crippen LogP contribution in [-0.4, -0.2) is 61.9 Å². The van der Waals surface area contributed by atoms with Crippen LogP contribution in [0.3, 0.4) is 0 Å². The predicted molar refractivity (Wildman–Crippen MR) is 44.8 cm³/mol. The largest absolute Gasteiger partial charge is 0.480 e. The topological polar surface area (TPSA) is 53.0 Å². The highest BCUT2D eigenvalue weighted by atomic mass is 16.7. The summed E-state index contributed by atoms with van der Waals surface area (Å²) < 4.78 is 0. The molecule has 72 valence electrons. The van der Waals surface area contributed by atoms with Crippen molar-refractivity contribution in [1.29, 1.82) is 0 Å². The second-order valence-electron chi connectivity index (χ2n) is 2.67. The van der Waals surface area contributed by atoms with Crippen LogP contribution in [0.5, 0.6) is 0 Å². The first-order valence-corrected chi connectivity index (χ1v) is 3.72. The van der Waals surface area contributed by atoms with E-state index in [1.165, 1.54) is 0 Å². The number of likely N-dealkylation sites (N-methyl/N-ethyl adjacent to an activating group) is 2. The second-order valence-corrected chi connectivity index (χ2v) is 2.67. The van der Waals surface area contributed by atoms with Crippen molar-refractivity contribution in [2.45, 2.75) is 0 Å². The van der Waals surface area contributed by atoms with Crippen molar-refractivity contribution in [2.24, 2.45) is 0 Å². The molecule has 0 unspecified atom stereocenters. The molecule has 0 aromatic heterocycles. The van der Waals surface area contributed by atoms with Crippen molar-refractivity contribution in [2.75, 3.05) is 40.8 Å². The molecule has 0 bridgehead atoms. The molecule has 0 radical (unpaired) electrons. The van der Waals surface area contributed by atoms with Crippen molar-refractivity contribution in [1.82, 2.24) is 9.96 Å². The van der Waals surface area contributed by atoms with Crippen molar-refractivity contribution in [3.05, 3.63) is 0 Å². The van der Waals surface area contributed by atoms with Crippen LogP contribution in [-0.2, 0) is 9.63 Å². The summed E-state index contributed by atoms with van der Waals surface area (Å²) in [4.78, 5) is 16.8. The number of carbonyl (C=O) groups is 1. The van der Waals surface area contributed by atoms with E-state index in [9.17, 15) is 4.79 Å². The van der Waals surface area contributed by atoms with Gasteiger partial charge in [0, 0.05) is 20.1 Å². The summed E-state index contributed by atoms with van der Waals surface area (Å²) in [7, 11) is 5.14. The molecule has 12 heavy (non-hydrogen) atoms. The van der Waals surface area contributed by atoms with Gasteiger partial charge in [0.15, 0.2) is 0 Å². The molecule has 0 spiro atoms. The van der Waals surface area contributed by atoms with Gasteiger partial charge in [-0.25, -0.2) is 0 Å². The highest BCUT2D eigenvalue weighted by Crippen LogP contribution is 1.85. The molecule has 0 saturated heterocycles. The van der Waals surface area contributed by atoms with Gasteiger partial charge in [-0.05, 0) is 7.05 Å². The van der Waals surface area contributed by atoms with Gasteiger partial charge in [0.25, 0.3) is 0 Å². The molecular formula is C7H16N2O3. The van der Waals surface area contributed by atoms with Crippen molar-refractivity contribution >= 4 is 5.97 Å². The maximum Gasteiger partial charge on any atom is 0.317 e. The maximum absolute atomic E-state index is 10.2. The zero-order chi connectivity index (χ0) is 9.56. The molecule has 0 aromatic carbocycles. The van der Waals surface area contributed by atoms with Crippen LogP contribution in [0, 0.1) is 0 Å². The Balaban J connectivity index is 3.43. The van der Waals surface area contributed by atoms with Crippen molar-refractivity contribution < 1.29 is 14.7 Å². The molecule has 0 aromatic rings. The molecule has 0 amide bonds. The molecule has 0 aliphatic heterocycles. The van der Waals surface area contributed by atoms with Gasteiger partial charge in [0.05, 0.1) is 13.7 Å². The second kappa shape index (κ2) is 5.93. The number of rotatable bonds is 6. The van der Waals surface area contributed by atoms with Crippen LogP contribution in [0.4, 0.5) is 0 Å². The lowest BCUT2D eigenvalue weighted by Crippen LogP contribution is -2.33. The number of carboxylic acid groups (broad SMARTS) is 1. The Kier molecular flexibility index (Phi) is 5.61. The van der Waals surface area contributed by atoms with Gasteiger partial charge in [-0.3, -0.25) is 9.69 Å². The minimum Gasteiger partial charge on any atom is -0.480 e. The predicted octanol–water partition coefficient (Wildman–Crippen LogP) is -0.504. The molecule has 0 saturated carbocycles. The zero-order valence-corrected chi connectivity index (χ0v) is 7.78. The van der Waals surface area contributed by atoms with Gasteiger partial charge in [-0.2, -0.15) is 5.06 Å². The summed E-state index contributed by atoms with van der Waals surface area (Å²) in [5.41, 5.74) is 0. The van der Waals surface area contributed by atoms with Crippen LogP contribution >= 0.6 is 0 Å². The Morgan fingerprint density at radius 1 is 1.42 bits per heavy atom. The molecule has 0 heterocycles. The van der Waals surface area contributed by atoms with Crippen LogP contribution in [0.15, 0.2) is 0 Å². The van der Waals surface area contributed by atoms with E-state index >= 15 is 0 Å². The van der Waals surface area contributed by atoms with Gasteiger partial charge in [-0.1, -0.05) is 0 Å². The van der Waals surface area contributed by atoms with E-state index < -0.39 is 5.97 Å². The van der Waals surface area contributed by atoms with Crippen molar-refractivity contribution in [3.63, 3.8) is 0 Å². The molecular weight excluding hydrogens is 160 g/mol. The first-order chi connectivity index (χ1) is 5.56. The summed E-state index contributed by atoms with van der Waals surface area (Å²) in [6.07, 6.45) is 0. The molecule has 0 atom stereocenters. The zero-order valence-electron chi connectivity index (χ0n) is 7.78. The number of hydrogen-bond acceptors (Lipinski definition) is 4. The SMILES string of the molecule is CON(C)CCN(C)CC(=O)O. The Hall–Kier alpha value is -0.650. The third-order valence-electron chi connectivity index (χ3n) is 1.51. The average Bonchev–Trinajstić information content (AvgIpc) is 1.99. The van der Waals surface area contributed by atoms with E-state index in [-0.39, 0.29) is 6.54 Å². The smallest absolute Gasteiger partial charge is 0.317 e. The molecule has 1 N–H and O–H groups in total. The van der Waals surface area contributed by atoms with E-state index in [0.29, 0.717) is 13.1 Å². The lowest BCUT2D eigenvalue weighted by molar-refractivity contribution is -0.139.